The van der Waals surface area contributed by atoms with Crippen LogP contribution in [-0.2, 0) is 9.47 Å². The van der Waals surface area contributed by atoms with E-state index in [2.05, 4.69) is 33.4 Å². The maximum atomic E-state index is 5.94. The zero-order valence-corrected chi connectivity index (χ0v) is 19.4. The van der Waals surface area contributed by atoms with Gasteiger partial charge in [-0.25, -0.2) is 0 Å². The Hall–Kier alpha value is -2.10. The highest BCUT2D eigenvalue weighted by Crippen LogP contribution is 2.35. The number of rotatable bonds is 14. The molecule has 0 spiro atoms. The monoisotopic (exact) mass is 400 g/mol. The molecule has 1 aliphatic rings. The SMILES string of the molecule is C=C(CCC)\C(=C/N=C(CCC)\C(C(=N\C=C/CC)\C1CC1)=C(\C)OCC)OC. The van der Waals surface area contributed by atoms with E-state index in [9.17, 15) is 0 Å². The molecule has 4 nitrogen and oxygen atoms in total. The molecule has 4 heteroatoms. The van der Waals surface area contributed by atoms with Crippen LogP contribution in [0.15, 0.2) is 57.7 Å². The van der Waals surface area contributed by atoms with Crippen molar-refractivity contribution in [3.8, 4) is 0 Å². The molecule has 0 amide bonds. The smallest absolute Gasteiger partial charge is 0.139 e. The van der Waals surface area contributed by atoms with Gasteiger partial charge < -0.3 is 9.47 Å². The van der Waals surface area contributed by atoms with Gasteiger partial charge in [-0.1, -0.05) is 46.3 Å². The molecule has 29 heavy (non-hydrogen) atoms. The van der Waals surface area contributed by atoms with E-state index in [1.807, 2.05) is 26.2 Å². The summed E-state index contributed by atoms with van der Waals surface area (Å²) >= 11 is 0. The van der Waals surface area contributed by atoms with Gasteiger partial charge in [-0.3, -0.25) is 9.98 Å². The fourth-order valence-electron chi connectivity index (χ4n) is 3.13. The molecular formula is C25H40N2O2. The molecule has 0 bridgehead atoms. The lowest BCUT2D eigenvalue weighted by atomic mass is 9.96. The normalized spacial score (nSPS) is 16.8. The third kappa shape index (κ3) is 8.43. The molecule has 1 saturated carbocycles. The zero-order valence-electron chi connectivity index (χ0n) is 19.4. The summed E-state index contributed by atoms with van der Waals surface area (Å²) in [7, 11) is 1.68. The Morgan fingerprint density at radius 3 is 2.28 bits per heavy atom. The van der Waals surface area contributed by atoms with E-state index in [4.69, 9.17) is 19.5 Å². The lowest BCUT2D eigenvalue weighted by Crippen LogP contribution is -2.18. The highest BCUT2D eigenvalue weighted by molar-refractivity contribution is 6.26. The van der Waals surface area contributed by atoms with Gasteiger partial charge in [0, 0.05) is 12.1 Å². The van der Waals surface area contributed by atoms with Crippen molar-refractivity contribution < 1.29 is 9.47 Å². The minimum absolute atomic E-state index is 0.491. The summed E-state index contributed by atoms with van der Waals surface area (Å²) in [4.78, 5) is 9.72. The van der Waals surface area contributed by atoms with Gasteiger partial charge >= 0.3 is 0 Å². The highest BCUT2D eigenvalue weighted by atomic mass is 16.5. The molecule has 0 aromatic carbocycles. The lowest BCUT2D eigenvalue weighted by molar-refractivity contribution is 0.230. The molecule has 1 fully saturated rings. The van der Waals surface area contributed by atoms with Gasteiger partial charge in [0.2, 0.25) is 0 Å². The maximum Gasteiger partial charge on any atom is 0.139 e. The van der Waals surface area contributed by atoms with Gasteiger partial charge in [-0.05, 0) is 51.5 Å². The van der Waals surface area contributed by atoms with Crippen LogP contribution in [0.25, 0.3) is 0 Å². The van der Waals surface area contributed by atoms with E-state index in [0.29, 0.717) is 12.5 Å². The fourth-order valence-corrected chi connectivity index (χ4v) is 3.13. The second-order valence-electron chi connectivity index (χ2n) is 7.32. The van der Waals surface area contributed by atoms with Gasteiger partial charge in [0.15, 0.2) is 0 Å². The molecule has 0 N–H and O–H groups in total. The van der Waals surface area contributed by atoms with Crippen molar-refractivity contribution in [2.75, 3.05) is 13.7 Å². The summed E-state index contributed by atoms with van der Waals surface area (Å²) in [5.41, 5.74) is 4.15. The number of hydrogen-bond acceptors (Lipinski definition) is 4. The van der Waals surface area contributed by atoms with Gasteiger partial charge in [-0.15, -0.1) is 0 Å². The summed E-state index contributed by atoms with van der Waals surface area (Å²) in [5.74, 6) is 2.13. The van der Waals surface area contributed by atoms with Gasteiger partial charge in [-0.2, -0.15) is 0 Å². The maximum absolute atomic E-state index is 5.94. The molecule has 0 saturated heterocycles. The summed E-state index contributed by atoms with van der Waals surface area (Å²) in [6, 6.07) is 0. The predicted molar refractivity (Wildman–Crippen MR) is 125 cm³/mol. The van der Waals surface area contributed by atoms with Crippen molar-refractivity contribution >= 4 is 11.4 Å². The molecule has 0 heterocycles. The van der Waals surface area contributed by atoms with Crippen molar-refractivity contribution in [3.63, 3.8) is 0 Å². The minimum atomic E-state index is 0.491. The topological polar surface area (TPSA) is 43.2 Å². The Labute approximate surface area is 178 Å². The second kappa shape index (κ2) is 14.0. The van der Waals surface area contributed by atoms with E-state index in [0.717, 1.165) is 66.2 Å². The van der Waals surface area contributed by atoms with Crippen molar-refractivity contribution in [1.82, 2.24) is 0 Å². The zero-order chi connectivity index (χ0) is 21.6. The number of methoxy groups -OCH3 is 1. The number of aliphatic imine (C=N–C) groups is 2. The van der Waals surface area contributed by atoms with Crippen LogP contribution in [-0.4, -0.2) is 25.1 Å². The van der Waals surface area contributed by atoms with Crippen LogP contribution in [0.5, 0.6) is 0 Å². The van der Waals surface area contributed by atoms with Gasteiger partial charge in [0.25, 0.3) is 0 Å². The molecule has 0 aliphatic heterocycles. The van der Waals surface area contributed by atoms with Gasteiger partial charge in [0.05, 0.1) is 36.9 Å². The highest BCUT2D eigenvalue weighted by Gasteiger charge is 2.32. The molecule has 0 radical (unpaired) electrons. The van der Waals surface area contributed by atoms with Crippen LogP contribution in [0.4, 0.5) is 0 Å². The van der Waals surface area contributed by atoms with Crippen LogP contribution < -0.4 is 0 Å². The Balaban J connectivity index is 3.47. The molecule has 0 atom stereocenters. The summed E-state index contributed by atoms with van der Waals surface area (Å²) < 4.78 is 11.5. The fraction of sp³-hybridized carbons (Fsp3) is 0.600. The van der Waals surface area contributed by atoms with Crippen LogP contribution in [0, 0.1) is 5.92 Å². The molecule has 1 rings (SSSR count). The second-order valence-corrected chi connectivity index (χ2v) is 7.32. The average Bonchev–Trinajstić information content (AvgIpc) is 3.53. The van der Waals surface area contributed by atoms with Crippen LogP contribution in [0.1, 0.15) is 79.6 Å². The van der Waals surface area contributed by atoms with Crippen molar-refractivity contribution in [3.05, 3.63) is 47.7 Å². The van der Waals surface area contributed by atoms with E-state index in [1.54, 1.807) is 7.11 Å². The first kappa shape index (κ1) is 24.9. The predicted octanol–water partition coefficient (Wildman–Crippen LogP) is 7.16. The number of nitrogens with zero attached hydrogens (tertiary/aromatic N) is 2. The first-order chi connectivity index (χ1) is 14.0. The van der Waals surface area contributed by atoms with Crippen LogP contribution in [0.2, 0.25) is 0 Å². The molecule has 162 valence electrons. The molecule has 0 aromatic rings. The quantitative estimate of drug-likeness (QED) is 0.176. The first-order valence-corrected chi connectivity index (χ1v) is 11.1. The Kier molecular flexibility index (Phi) is 12.0. The third-order valence-corrected chi connectivity index (χ3v) is 4.72. The molecule has 0 aromatic heterocycles. The lowest BCUT2D eigenvalue weighted by Gasteiger charge is -2.17. The van der Waals surface area contributed by atoms with Crippen molar-refractivity contribution in [2.24, 2.45) is 15.9 Å². The van der Waals surface area contributed by atoms with Crippen LogP contribution >= 0.6 is 0 Å². The summed E-state index contributed by atoms with van der Waals surface area (Å²) in [6.07, 6.45) is 12.9. The molecule has 0 unspecified atom stereocenters. The van der Waals surface area contributed by atoms with E-state index in [1.165, 1.54) is 12.8 Å². The summed E-state index contributed by atoms with van der Waals surface area (Å²) in [6.45, 7) is 15.2. The standard InChI is InChI=1S/C25H40N2O2/c1-8-12-17-26-25(21-15-16-21)24(20(6)29-11-4)22(14-10-3)27-18-23(28-7)19(5)13-9-2/h12,17-18,21H,5,8-11,13-16H2,1-4,6-7H3/b17-12-,23-18+,24-20+,26-25+,27-22-. The Bertz CT molecular complexity index is 677. The number of hydrogen-bond donors (Lipinski definition) is 0. The van der Waals surface area contributed by atoms with Crippen molar-refractivity contribution in [1.29, 1.82) is 0 Å². The largest absolute Gasteiger partial charge is 0.498 e. The van der Waals surface area contributed by atoms with Gasteiger partial charge in [0.1, 0.15) is 11.5 Å². The third-order valence-electron chi connectivity index (χ3n) is 4.72. The average molecular weight is 401 g/mol. The Morgan fingerprint density at radius 2 is 1.76 bits per heavy atom. The number of allylic oxidation sites excluding steroid dienone is 4. The Morgan fingerprint density at radius 1 is 1.07 bits per heavy atom. The number of ether oxygens (including phenoxy) is 2. The molecule has 1 aliphatic carbocycles. The minimum Gasteiger partial charge on any atom is -0.498 e. The van der Waals surface area contributed by atoms with E-state index < -0.39 is 0 Å². The van der Waals surface area contributed by atoms with E-state index >= 15 is 0 Å². The molecular weight excluding hydrogens is 360 g/mol. The first-order valence-electron chi connectivity index (χ1n) is 11.1. The summed E-state index contributed by atoms with van der Waals surface area (Å²) in [5, 5.41) is 0. The van der Waals surface area contributed by atoms with Crippen LogP contribution in [0.3, 0.4) is 0 Å². The van der Waals surface area contributed by atoms with E-state index in [-0.39, 0.29) is 0 Å². The van der Waals surface area contributed by atoms with Crippen molar-refractivity contribution in [2.45, 2.75) is 79.6 Å².